The Morgan fingerprint density at radius 3 is 2.73 bits per heavy atom. The molecule has 1 heterocycles. The minimum atomic E-state index is -3.65. The van der Waals surface area contributed by atoms with Crippen LogP contribution in [0, 0.1) is 0 Å². The number of nitrogens with one attached hydrogen (secondary N) is 2. The van der Waals surface area contributed by atoms with Gasteiger partial charge in [-0.1, -0.05) is 0 Å². The number of carbonyl (C=O) groups is 1. The van der Waals surface area contributed by atoms with Gasteiger partial charge >= 0.3 is 0 Å². The molecule has 0 bridgehead atoms. The van der Waals surface area contributed by atoms with Crippen molar-refractivity contribution in [1.82, 2.24) is 10.0 Å². The lowest BCUT2D eigenvalue weighted by Crippen LogP contribution is -2.61. The van der Waals surface area contributed by atoms with Gasteiger partial charge < -0.3 is 10.1 Å². The number of sulfonamides is 1. The van der Waals surface area contributed by atoms with Gasteiger partial charge in [-0.2, -0.15) is 0 Å². The number of amides is 1. The van der Waals surface area contributed by atoms with E-state index >= 15 is 0 Å². The van der Waals surface area contributed by atoms with Gasteiger partial charge in [-0.05, 0) is 12.8 Å². The molecule has 0 aromatic heterocycles. The van der Waals surface area contributed by atoms with Crippen LogP contribution in [0.25, 0.3) is 0 Å². The van der Waals surface area contributed by atoms with E-state index in [1.165, 1.54) is 14.2 Å². The van der Waals surface area contributed by atoms with E-state index < -0.39 is 20.7 Å². The second kappa shape index (κ2) is 4.46. The second-order valence-corrected chi connectivity index (χ2v) is 5.58. The molecule has 7 heteroatoms. The highest BCUT2D eigenvalue weighted by atomic mass is 32.2. The van der Waals surface area contributed by atoms with Crippen molar-refractivity contribution in [2.24, 2.45) is 0 Å². The summed E-state index contributed by atoms with van der Waals surface area (Å²) in [6.07, 6.45) is 0.922. The number of ether oxygens (including phenoxy) is 1. The van der Waals surface area contributed by atoms with Crippen LogP contribution >= 0.6 is 0 Å². The summed E-state index contributed by atoms with van der Waals surface area (Å²) < 4.78 is 29.5. The molecule has 6 nitrogen and oxygen atoms in total. The topological polar surface area (TPSA) is 84.5 Å². The van der Waals surface area contributed by atoms with Crippen LogP contribution in [0.3, 0.4) is 0 Å². The molecular formula is C8H16N2O4S. The minimum Gasteiger partial charge on any atom is -0.382 e. The van der Waals surface area contributed by atoms with Gasteiger partial charge in [0.1, 0.15) is 0 Å². The summed E-state index contributed by atoms with van der Waals surface area (Å²) in [4.78, 5) is 11.7. The smallest absolute Gasteiger partial charge is 0.245 e. The quantitative estimate of drug-likeness (QED) is 0.646. The SMILES string of the molecule is CNC(=O)C1(COC)CCCNS1(=O)=O. The molecule has 1 atom stereocenters. The van der Waals surface area contributed by atoms with Crippen LogP contribution in [0.2, 0.25) is 0 Å². The fourth-order valence-electron chi connectivity index (χ4n) is 1.76. The third kappa shape index (κ3) is 1.99. The molecule has 1 unspecified atom stereocenters. The molecule has 88 valence electrons. The molecule has 0 saturated carbocycles. The first-order valence-electron chi connectivity index (χ1n) is 4.70. The molecule has 0 spiro atoms. The van der Waals surface area contributed by atoms with Gasteiger partial charge in [0.25, 0.3) is 0 Å². The lowest BCUT2D eigenvalue weighted by atomic mass is 10.0. The Morgan fingerprint density at radius 1 is 1.60 bits per heavy atom. The van der Waals surface area contributed by atoms with Gasteiger partial charge in [-0.25, -0.2) is 13.1 Å². The molecule has 0 aromatic carbocycles. The molecule has 0 aliphatic carbocycles. The van der Waals surface area contributed by atoms with E-state index in [4.69, 9.17) is 4.74 Å². The van der Waals surface area contributed by atoms with E-state index in [2.05, 4.69) is 10.0 Å². The Kier molecular flexibility index (Phi) is 3.69. The van der Waals surface area contributed by atoms with Crippen LogP contribution in [0.15, 0.2) is 0 Å². The van der Waals surface area contributed by atoms with Crippen molar-refractivity contribution >= 4 is 15.9 Å². The highest BCUT2D eigenvalue weighted by Gasteiger charge is 2.51. The Balaban J connectivity index is 3.12. The number of carbonyl (C=O) groups excluding carboxylic acids is 1. The van der Waals surface area contributed by atoms with Crippen molar-refractivity contribution in [2.75, 3.05) is 27.3 Å². The molecule has 1 rings (SSSR count). The summed E-state index contributed by atoms with van der Waals surface area (Å²) in [6.45, 7) is 0.257. The average molecular weight is 236 g/mol. The number of hydrogen-bond acceptors (Lipinski definition) is 4. The number of methoxy groups -OCH3 is 1. The Labute approximate surface area is 89.4 Å². The predicted molar refractivity (Wildman–Crippen MR) is 54.8 cm³/mol. The van der Waals surface area contributed by atoms with Gasteiger partial charge in [0, 0.05) is 20.7 Å². The van der Waals surface area contributed by atoms with Crippen LogP contribution in [0.1, 0.15) is 12.8 Å². The van der Waals surface area contributed by atoms with Crippen molar-refractivity contribution in [1.29, 1.82) is 0 Å². The third-order valence-corrected chi connectivity index (χ3v) is 4.70. The van der Waals surface area contributed by atoms with Crippen LogP contribution in [-0.4, -0.2) is 46.4 Å². The Hall–Kier alpha value is -0.660. The number of hydrogen-bond donors (Lipinski definition) is 2. The zero-order valence-corrected chi connectivity index (χ0v) is 9.69. The van der Waals surface area contributed by atoms with Crippen LogP contribution in [0.4, 0.5) is 0 Å². The lowest BCUT2D eigenvalue weighted by molar-refractivity contribution is -0.125. The summed E-state index contributed by atoms with van der Waals surface area (Å²) in [5, 5.41) is 2.38. The maximum Gasteiger partial charge on any atom is 0.245 e. The maximum absolute atomic E-state index is 11.8. The van der Waals surface area contributed by atoms with E-state index in [0.29, 0.717) is 13.0 Å². The van der Waals surface area contributed by atoms with Crippen molar-refractivity contribution < 1.29 is 17.9 Å². The molecule has 15 heavy (non-hydrogen) atoms. The average Bonchev–Trinajstić information content (AvgIpc) is 2.20. The zero-order valence-electron chi connectivity index (χ0n) is 8.87. The molecule has 1 aliphatic rings. The molecule has 0 aromatic rings. The predicted octanol–water partition coefficient (Wildman–Crippen LogP) is -1.17. The van der Waals surface area contributed by atoms with Gasteiger partial charge in [0.2, 0.25) is 15.9 Å². The summed E-state index contributed by atoms with van der Waals surface area (Å²) >= 11 is 0. The summed E-state index contributed by atoms with van der Waals surface area (Å²) in [6, 6.07) is 0. The molecule has 1 amide bonds. The fraction of sp³-hybridized carbons (Fsp3) is 0.875. The maximum atomic E-state index is 11.8. The molecule has 1 aliphatic heterocycles. The van der Waals surface area contributed by atoms with E-state index in [-0.39, 0.29) is 13.0 Å². The first-order chi connectivity index (χ1) is 7.00. The van der Waals surface area contributed by atoms with Gasteiger partial charge in [0.05, 0.1) is 6.61 Å². The van der Waals surface area contributed by atoms with Crippen molar-refractivity contribution in [3.63, 3.8) is 0 Å². The first-order valence-corrected chi connectivity index (χ1v) is 6.19. The van der Waals surface area contributed by atoms with Crippen LogP contribution in [0.5, 0.6) is 0 Å². The molecular weight excluding hydrogens is 220 g/mol. The van der Waals surface area contributed by atoms with Crippen LogP contribution < -0.4 is 10.0 Å². The molecule has 1 saturated heterocycles. The van der Waals surface area contributed by atoms with E-state index in [0.717, 1.165) is 0 Å². The van der Waals surface area contributed by atoms with Crippen molar-refractivity contribution in [2.45, 2.75) is 17.6 Å². The standard InChI is InChI=1S/C8H16N2O4S/c1-9-7(11)8(6-14-2)4-3-5-10-15(8,12)13/h10H,3-6H2,1-2H3,(H,9,11). The number of rotatable bonds is 3. The molecule has 2 N–H and O–H groups in total. The summed E-state index contributed by atoms with van der Waals surface area (Å²) in [7, 11) is -0.841. The summed E-state index contributed by atoms with van der Waals surface area (Å²) in [5.74, 6) is -0.517. The molecule has 0 radical (unpaired) electrons. The zero-order chi connectivity index (χ0) is 11.5. The van der Waals surface area contributed by atoms with E-state index in [1.54, 1.807) is 0 Å². The van der Waals surface area contributed by atoms with Crippen LogP contribution in [-0.2, 0) is 19.6 Å². The van der Waals surface area contributed by atoms with Gasteiger partial charge in [-0.15, -0.1) is 0 Å². The van der Waals surface area contributed by atoms with Crippen molar-refractivity contribution in [3.05, 3.63) is 0 Å². The Morgan fingerprint density at radius 2 is 2.27 bits per heavy atom. The van der Waals surface area contributed by atoms with Gasteiger partial charge in [0.15, 0.2) is 4.75 Å². The van der Waals surface area contributed by atoms with Crippen molar-refractivity contribution in [3.8, 4) is 0 Å². The summed E-state index contributed by atoms with van der Waals surface area (Å²) in [5.41, 5.74) is 0. The highest BCUT2D eigenvalue weighted by Crippen LogP contribution is 2.27. The Bertz CT molecular complexity index is 337. The first kappa shape index (κ1) is 12.4. The normalized spacial score (nSPS) is 29.7. The fourth-order valence-corrected chi connectivity index (χ4v) is 3.49. The van der Waals surface area contributed by atoms with E-state index in [1.807, 2.05) is 0 Å². The van der Waals surface area contributed by atoms with E-state index in [9.17, 15) is 13.2 Å². The minimum absolute atomic E-state index is 0.123. The monoisotopic (exact) mass is 236 g/mol. The largest absolute Gasteiger partial charge is 0.382 e. The highest BCUT2D eigenvalue weighted by molar-refractivity contribution is 7.91. The third-order valence-electron chi connectivity index (χ3n) is 2.58. The second-order valence-electron chi connectivity index (χ2n) is 3.51. The van der Waals surface area contributed by atoms with Gasteiger partial charge in [-0.3, -0.25) is 4.79 Å². The molecule has 1 fully saturated rings. The lowest BCUT2D eigenvalue weighted by Gasteiger charge is -2.34.